The Labute approximate surface area is 490 Å². The maximum atomic E-state index is 14.9. The average Bonchev–Trinajstić information content (AvgIpc) is 1.82. The van der Waals surface area contributed by atoms with E-state index in [2.05, 4.69) is 11.6 Å². The highest BCUT2D eigenvalue weighted by atomic mass is 16.8. The molecule has 0 spiro atoms. The number of ether oxygens (including phenoxy) is 13. The van der Waals surface area contributed by atoms with Crippen LogP contribution < -0.4 is 0 Å². The lowest BCUT2D eigenvalue weighted by atomic mass is 9.83. The molecule has 28 atom stereocenters. The van der Waals surface area contributed by atoms with Crippen LogP contribution in [0.5, 0.6) is 0 Å². The Morgan fingerprint density at radius 2 is 0.953 bits per heavy atom. The predicted octanol–water partition coefficient (Wildman–Crippen LogP) is -3.99. The number of carbonyl (C=O) groups excluding carboxylic acids is 4. The Morgan fingerprint density at radius 3 is 1.38 bits per heavy atom. The van der Waals surface area contributed by atoms with Crippen LogP contribution >= 0.6 is 0 Å². The van der Waals surface area contributed by atoms with Gasteiger partial charge in [0.25, 0.3) is 0 Å². The summed E-state index contributed by atoms with van der Waals surface area (Å²) < 4.78 is 75.5. The Morgan fingerprint density at radius 1 is 0.547 bits per heavy atom. The van der Waals surface area contributed by atoms with Crippen LogP contribution in [-0.2, 0) is 76.0 Å². The minimum absolute atomic E-state index is 0.0156. The molecule has 2 saturated carbocycles. The Hall–Kier alpha value is -5.59. The molecule has 0 aromatic carbocycles. The lowest BCUT2D eigenvalue weighted by Gasteiger charge is -2.43. The SMILES string of the molecule is C=C[C@H]1[C@H](O[C@@H]2O[C@H](CO)[C@@H](O)[C@H](O)[C@H]2O)OC=C(C(=O)O[C@H]2C[C@@H]3C(C(=O)O[C@H]4C[C@@H]5C(C(=O)OC)=CO[C@@H](O[C@@H]6O[C@H](CO)[C@@H](O)[C@H](O)[C@H]6O)[C@@H]5[C@H]4C)=CO[C@@H](O[C@@H]4O[C@H](CO)[C@@H](O)[C@H](O)[C@H]4O)[C@@H]3[C@H]2C)[C@H]1/C=C/c1cncc(C(=O)OC)c1. The van der Waals surface area contributed by atoms with Crippen LogP contribution in [0.3, 0.4) is 0 Å². The molecule has 30 heteroatoms. The van der Waals surface area contributed by atoms with Crippen LogP contribution in [0.1, 0.15) is 42.6 Å². The number of aliphatic hydroxyl groups is 12. The summed E-state index contributed by atoms with van der Waals surface area (Å²) in [6.45, 7) is 4.97. The quantitative estimate of drug-likeness (QED) is 0.0379. The van der Waals surface area contributed by atoms with Crippen LogP contribution in [-0.4, -0.2) is 247 Å². The summed E-state index contributed by atoms with van der Waals surface area (Å²) in [6, 6.07) is 1.47. The number of hydrogen-bond acceptors (Lipinski definition) is 30. The van der Waals surface area contributed by atoms with Crippen LogP contribution in [0.25, 0.3) is 6.08 Å². The summed E-state index contributed by atoms with van der Waals surface area (Å²) in [6.07, 6.45) is -21.5. The van der Waals surface area contributed by atoms with Gasteiger partial charge in [0, 0.05) is 53.8 Å². The molecule has 1 aromatic heterocycles. The van der Waals surface area contributed by atoms with Crippen molar-refractivity contribution in [3.8, 4) is 0 Å². The predicted molar refractivity (Wildman–Crippen MR) is 279 cm³/mol. The van der Waals surface area contributed by atoms with Gasteiger partial charge < -0.3 is 123 Å². The number of pyridine rings is 1. The molecule has 12 N–H and O–H groups in total. The summed E-state index contributed by atoms with van der Waals surface area (Å²) in [7, 11) is 2.34. The third kappa shape index (κ3) is 12.7. The van der Waals surface area contributed by atoms with Gasteiger partial charge in [-0.25, -0.2) is 19.2 Å². The maximum absolute atomic E-state index is 14.9. The minimum atomic E-state index is -1.89. The monoisotopic (exact) mass is 1220 g/mol. The lowest BCUT2D eigenvalue weighted by Crippen LogP contribution is -2.60. The summed E-state index contributed by atoms with van der Waals surface area (Å²) in [5, 5.41) is 126. The highest BCUT2D eigenvalue weighted by Crippen LogP contribution is 2.52. The molecule has 8 aliphatic rings. The highest BCUT2D eigenvalue weighted by molar-refractivity contribution is 5.92. The van der Waals surface area contributed by atoms with Crippen molar-refractivity contribution in [2.75, 3.05) is 34.0 Å². The molecule has 0 amide bonds. The van der Waals surface area contributed by atoms with Crippen LogP contribution in [0.15, 0.2) is 72.7 Å². The number of fused-ring (bicyclic) bond motifs is 2. The van der Waals surface area contributed by atoms with Gasteiger partial charge in [-0.1, -0.05) is 32.1 Å². The van der Waals surface area contributed by atoms with Crippen molar-refractivity contribution >= 4 is 30.0 Å². The molecular weight excluding hydrogens is 1150 g/mol. The Bertz CT molecular complexity index is 2720. The topological polar surface area (TPSA) is 444 Å². The standard InChI is InChI=1S/C56H73NO29/c1-6-24-25(8-7-22-9-23(13-57-12-22)47(70)74-4)28(17-76-51(24)84-54-44(67)41(64)38(61)33(14-58)81-54)49(72)79-32-11-27-30(19-78-53(37(27)21(32)3)86-56-46(69)43(66)40(63)35(16-60)83-56)50(73)80-31-10-26-29(48(71)75-5)18-77-52(36(26)20(31)2)85-55-45(68)42(65)39(62)34(15-59)82-55/h6-9,12-13,17-21,24-27,31-46,51-56,58-69H,1,10-11,14-16H2,2-5H3/b8-7+/t20-,21-,24+,25-,26+,27+,31-,32-,33+,34+,35+,36+,37+,38+,39+,40+,41-,42-,43-,44+,45+,46+,51-,52-,53-,54-,55-,56-/m0/s1. The van der Waals surface area contributed by atoms with E-state index >= 15 is 0 Å². The van der Waals surface area contributed by atoms with E-state index in [1.165, 1.54) is 43.8 Å². The highest BCUT2D eigenvalue weighted by Gasteiger charge is 2.59. The summed E-state index contributed by atoms with van der Waals surface area (Å²) in [5.74, 6) is -10.6. The van der Waals surface area contributed by atoms with Gasteiger partial charge in [0.05, 0.1) is 81.0 Å². The van der Waals surface area contributed by atoms with Gasteiger partial charge in [0.15, 0.2) is 18.9 Å². The number of nitrogens with zero attached hydrogens (tertiary/aromatic N) is 1. The molecule has 476 valence electrons. The van der Waals surface area contributed by atoms with Crippen molar-refractivity contribution in [1.82, 2.24) is 4.98 Å². The van der Waals surface area contributed by atoms with E-state index < -0.39 is 214 Å². The number of aromatic nitrogens is 1. The molecule has 7 heterocycles. The molecule has 1 aromatic rings. The molecule has 0 bridgehead atoms. The molecule has 0 unspecified atom stereocenters. The van der Waals surface area contributed by atoms with E-state index in [4.69, 9.17) is 61.6 Å². The normalized spacial score (nSPS) is 42.9. The second-order valence-electron chi connectivity index (χ2n) is 22.4. The third-order valence-electron chi connectivity index (χ3n) is 17.5. The van der Waals surface area contributed by atoms with Gasteiger partial charge in [-0.2, -0.15) is 0 Å². The average molecular weight is 1220 g/mol. The van der Waals surface area contributed by atoms with Gasteiger partial charge in [-0.05, 0) is 24.5 Å². The summed E-state index contributed by atoms with van der Waals surface area (Å²) >= 11 is 0. The fourth-order valence-electron chi connectivity index (χ4n) is 12.5. The first-order chi connectivity index (χ1) is 41.1. The van der Waals surface area contributed by atoms with E-state index in [-0.39, 0.29) is 35.1 Å². The second kappa shape index (κ2) is 27.4. The second-order valence-corrected chi connectivity index (χ2v) is 22.4. The Kier molecular flexibility index (Phi) is 20.7. The van der Waals surface area contributed by atoms with Crippen molar-refractivity contribution in [2.45, 2.75) is 150 Å². The number of methoxy groups -OCH3 is 2. The first-order valence-electron chi connectivity index (χ1n) is 27.9. The van der Waals surface area contributed by atoms with E-state index in [1.807, 2.05) is 0 Å². The zero-order valence-corrected chi connectivity index (χ0v) is 46.9. The number of hydrogen-bond donors (Lipinski definition) is 12. The number of aliphatic hydroxyl groups excluding tert-OH is 12. The number of rotatable bonds is 18. The van der Waals surface area contributed by atoms with E-state index in [0.29, 0.717) is 5.56 Å². The van der Waals surface area contributed by atoms with Crippen LogP contribution in [0, 0.1) is 47.3 Å². The molecule has 0 radical (unpaired) electrons. The molecular formula is C56H73NO29. The van der Waals surface area contributed by atoms with Crippen molar-refractivity contribution in [1.29, 1.82) is 0 Å². The zero-order valence-electron chi connectivity index (χ0n) is 46.9. The van der Waals surface area contributed by atoms with Crippen molar-refractivity contribution in [3.05, 3.63) is 83.8 Å². The number of carbonyl (C=O) groups is 4. The van der Waals surface area contributed by atoms with Crippen LogP contribution in [0.2, 0.25) is 0 Å². The molecule has 30 nitrogen and oxygen atoms in total. The maximum Gasteiger partial charge on any atom is 0.339 e. The van der Waals surface area contributed by atoms with E-state index in [9.17, 15) is 80.5 Å². The van der Waals surface area contributed by atoms with E-state index in [1.54, 1.807) is 13.8 Å². The lowest BCUT2D eigenvalue weighted by molar-refractivity contribution is -0.343. The number of esters is 4. The van der Waals surface area contributed by atoms with Crippen molar-refractivity contribution in [3.63, 3.8) is 0 Å². The van der Waals surface area contributed by atoms with Crippen molar-refractivity contribution in [2.24, 2.45) is 47.3 Å². The van der Waals surface area contributed by atoms with E-state index in [0.717, 1.165) is 25.9 Å². The molecule has 86 heavy (non-hydrogen) atoms. The molecule has 5 fully saturated rings. The molecule has 6 aliphatic heterocycles. The van der Waals surface area contributed by atoms with Gasteiger partial charge in [0.2, 0.25) is 18.9 Å². The Balaban J connectivity index is 0.994. The molecule has 2 aliphatic carbocycles. The van der Waals surface area contributed by atoms with Gasteiger partial charge >= 0.3 is 23.9 Å². The fourth-order valence-corrected chi connectivity index (χ4v) is 12.5. The smallest absolute Gasteiger partial charge is 0.339 e. The zero-order chi connectivity index (χ0) is 62.2. The van der Waals surface area contributed by atoms with Gasteiger partial charge in [0.1, 0.15) is 85.5 Å². The third-order valence-corrected chi connectivity index (χ3v) is 17.5. The summed E-state index contributed by atoms with van der Waals surface area (Å²) in [5.41, 5.74) is 0.281. The summed E-state index contributed by atoms with van der Waals surface area (Å²) in [4.78, 5) is 59.4. The minimum Gasteiger partial charge on any atom is -0.472 e. The van der Waals surface area contributed by atoms with Crippen molar-refractivity contribution < 1.29 is 142 Å². The van der Waals surface area contributed by atoms with Gasteiger partial charge in [-0.15, -0.1) is 6.58 Å². The van der Waals surface area contributed by atoms with Gasteiger partial charge in [-0.3, -0.25) is 4.98 Å². The first kappa shape index (κ1) is 64.9. The molecule has 9 rings (SSSR count). The number of allylic oxidation sites excluding steroid dienone is 1. The largest absolute Gasteiger partial charge is 0.472 e. The van der Waals surface area contributed by atoms with Crippen LogP contribution in [0.4, 0.5) is 0 Å². The first-order valence-corrected chi connectivity index (χ1v) is 27.9. The molecule has 3 saturated heterocycles. The fraction of sp³-hybridized carbons (Fsp3) is 0.661.